The molecule has 7 nitrogen and oxygen atoms in total. The van der Waals surface area contributed by atoms with Gasteiger partial charge in [0.15, 0.2) is 11.6 Å². The van der Waals surface area contributed by atoms with Crippen molar-refractivity contribution in [1.29, 1.82) is 0 Å². The minimum absolute atomic E-state index is 0.133. The number of benzene rings is 2. The zero-order valence-electron chi connectivity index (χ0n) is 12.9. The molecule has 0 bridgehead atoms. The third-order valence-corrected chi connectivity index (χ3v) is 4.53. The maximum absolute atomic E-state index is 11.8. The van der Waals surface area contributed by atoms with Gasteiger partial charge in [0, 0.05) is 33.2 Å². The van der Waals surface area contributed by atoms with E-state index in [0.717, 1.165) is 17.3 Å². The summed E-state index contributed by atoms with van der Waals surface area (Å²) in [5.41, 5.74) is 0.947. The molecule has 0 saturated heterocycles. The second-order valence-electron chi connectivity index (χ2n) is 5.07. The molecule has 3 rings (SSSR count). The zero-order valence-corrected chi connectivity index (χ0v) is 14.5. The number of aromatic amines is 1. The first-order chi connectivity index (χ1) is 11.9. The number of ketones is 1. The van der Waals surface area contributed by atoms with Crippen molar-refractivity contribution >= 4 is 34.8 Å². The van der Waals surface area contributed by atoms with Gasteiger partial charge in [-0.25, -0.2) is 4.98 Å². The molecule has 0 fully saturated rings. The van der Waals surface area contributed by atoms with Crippen LogP contribution in [0.3, 0.4) is 0 Å². The lowest BCUT2D eigenvalue weighted by atomic mass is 10.1. The molecule has 0 aliphatic rings. The molecule has 0 spiro atoms. The quantitative estimate of drug-likeness (QED) is 0.403. The number of aromatic nitrogens is 3. The zero-order chi connectivity index (χ0) is 18.0. The number of non-ortho nitro benzene ring substituents is 1. The molecule has 25 heavy (non-hydrogen) atoms. The molecule has 2 aromatic carbocycles. The number of halogens is 1. The number of nitro groups is 1. The van der Waals surface area contributed by atoms with E-state index in [4.69, 9.17) is 11.6 Å². The summed E-state index contributed by atoms with van der Waals surface area (Å²) in [6, 6.07) is 11.2. The van der Waals surface area contributed by atoms with Gasteiger partial charge in [0.05, 0.1) is 4.92 Å². The van der Waals surface area contributed by atoms with Gasteiger partial charge >= 0.3 is 0 Å². The van der Waals surface area contributed by atoms with Crippen molar-refractivity contribution in [3.63, 3.8) is 0 Å². The highest BCUT2D eigenvalue weighted by molar-refractivity contribution is 7.99. The largest absolute Gasteiger partial charge is 0.294 e. The number of Topliss-reactive ketones (excluding diaryl/α,β-unsaturated/α-hetero) is 1. The fourth-order valence-electron chi connectivity index (χ4n) is 2.12. The van der Waals surface area contributed by atoms with Gasteiger partial charge in [-0.1, -0.05) is 11.6 Å². The van der Waals surface area contributed by atoms with Crippen LogP contribution in [0.25, 0.3) is 11.4 Å². The normalized spacial score (nSPS) is 10.6. The highest BCUT2D eigenvalue weighted by atomic mass is 35.5. The van der Waals surface area contributed by atoms with Gasteiger partial charge < -0.3 is 0 Å². The Morgan fingerprint density at radius 2 is 1.96 bits per heavy atom. The molecule has 0 radical (unpaired) electrons. The average molecular weight is 375 g/mol. The third kappa shape index (κ3) is 3.86. The lowest BCUT2D eigenvalue weighted by molar-refractivity contribution is -0.384. The Morgan fingerprint density at radius 3 is 2.60 bits per heavy atom. The topological polar surface area (TPSA) is 102 Å². The number of carbonyl (C=O) groups excluding carboxylic acids is 1. The minimum Gasteiger partial charge on any atom is -0.294 e. The van der Waals surface area contributed by atoms with Crippen LogP contribution in [0, 0.1) is 10.1 Å². The lowest BCUT2D eigenvalue weighted by Crippen LogP contribution is -1.98. The Morgan fingerprint density at radius 1 is 1.24 bits per heavy atom. The first-order valence-corrected chi connectivity index (χ1v) is 8.29. The standard InChI is InChI=1S/C16H11ClN4O3S/c1-9(22)13-8-12(21(23)24)6-7-14(13)25-16-18-15(19-20-16)10-2-4-11(17)5-3-10/h2-8H,1H3,(H,18,19,20). The van der Waals surface area contributed by atoms with Crippen molar-refractivity contribution < 1.29 is 9.72 Å². The third-order valence-electron chi connectivity index (χ3n) is 3.34. The van der Waals surface area contributed by atoms with Crippen LogP contribution in [0.15, 0.2) is 52.5 Å². The van der Waals surface area contributed by atoms with E-state index in [0.29, 0.717) is 20.9 Å². The van der Waals surface area contributed by atoms with E-state index in [2.05, 4.69) is 15.2 Å². The number of rotatable bonds is 5. The second kappa shape index (κ2) is 7.04. The monoisotopic (exact) mass is 374 g/mol. The summed E-state index contributed by atoms with van der Waals surface area (Å²) in [4.78, 5) is 27.1. The molecule has 3 aromatic rings. The van der Waals surface area contributed by atoms with E-state index < -0.39 is 4.92 Å². The summed E-state index contributed by atoms with van der Waals surface area (Å²) in [6.45, 7) is 1.36. The van der Waals surface area contributed by atoms with Gasteiger partial charge in [0.2, 0.25) is 5.16 Å². The first-order valence-electron chi connectivity index (χ1n) is 7.09. The van der Waals surface area contributed by atoms with Gasteiger partial charge in [-0.3, -0.25) is 20.0 Å². The van der Waals surface area contributed by atoms with Gasteiger partial charge in [-0.2, -0.15) is 0 Å². The highest BCUT2D eigenvalue weighted by Crippen LogP contribution is 2.32. The van der Waals surface area contributed by atoms with Crippen LogP contribution in [0.5, 0.6) is 0 Å². The molecular weight excluding hydrogens is 364 g/mol. The van der Waals surface area contributed by atoms with Crippen molar-refractivity contribution in [2.75, 3.05) is 0 Å². The predicted octanol–water partition coefficient (Wildman–Crippen LogP) is 4.39. The highest BCUT2D eigenvalue weighted by Gasteiger charge is 2.16. The molecule has 0 unspecified atom stereocenters. The molecule has 0 amide bonds. The summed E-state index contributed by atoms with van der Waals surface area (Å²) in [5, 5.41) is 18.8. The van der Waals surface area contributed by atoms with Crippen LogP contribution in [0.1, 0.15) is 17.3 Å². The Balaban J connectivity index is 1.89. The van der Waals surface area contributed by atoms with Gasteiger partial charge in [-0.05, 0) is 49.0 Å². The Labute approximate surface area is 151 Å². The molecule has 0 aliphatic carbocycles. The van der Waals surface area contributed by atoms with Crippen LogP contribution in [-0.2, 0) is 0 Å². The molecule has 0 atom stereocenters. The van der Waals surface area contributed by atoms with Crippen LogP contribution in [0.4, 0.5) is 5.69 Å². The van der Waals surface area contributed by atoms with Crippen LogP contribution >= 0.6 is 23.4 Å². The number of nitrogens with one attached hydrogen (secondary N) is 1. The van der Waals surface area contributed by atoms with E-state index in [1.54, 1.807) is 12.1 Å². The van der Waals surface area contributed by atoms with Gasteiger partial charge in [-0.15, -0.1) is 5.10 Å². The second-order valence-corrected chi connectivity index (χ2v) is 6.51. The molecule has 1 N–H and O–H groups in total. The Bertz CT molecular complexity index is 956. The van der Waals surface area contributed by atoms with E-state index in [9.17, 15) is 14.9 Å². The van der Waals surface area contributed by atoms with Crippen molar-refractivity contribution in [2.24, 2.45) is 0 Å². The molecule has 1 aromatic heterocycles. The number of H-pyrrole nitrogens is 1. The van der Waals surface area contributed by atoms with Gasteiger partial charge in [0.1, 0.15) is 0 Å². The van der Waals surface area contributed by atoms with Crippen LogP contribution < -0.4 is 0 Å². The summed E-state index contributed by atoms with van der Waals surface area (Å²) >= 11 is 7.02. The van der Waals surface area contributed by atoms with Crippen LogP contribution in [-0.4, -0.2) is 25.9 Å². The lowest BCUT2D eigenvalue weighted by Gasteiger charge is -2.04. The fraction of sp³-hybridized carbons (Fsp3) is 0.0625. The van der Waals surface area contributed by atoms with E-state index in [1.165, 1.54) is 25.1 Å². The molecule has 9 heteroatoms. The van der Waals surface area contributed by atoms with Crippen molar-refractivity contribution in [1.82, 2.24) is 15.2 Å². The molecule has 0 saturated carbocycles. The number of hydrogen-bond donors (Lipinski definition) is 1. The molecule has 1 heterocycles. The van der Waals surface area contributed by atoms with Gasteiger partial charge in [0.25, 0.3) is 5.69 Å². The van der Waals surface area contributed by atoms with E-state index >= 15 is 0 Å². The van der Waals surface area contributed by atoms with Crippen molar-refractivity contribution in [3.8, 4) is 11.4 Å². The minimum atomic E-state index is -0.535. The SMILES string of the molecule is CC(=O)c1cc([N+](=O)[O-])ccc1Sc1n[nH]c(-c2ccc(Cl)cc2)n1. The van der Waals surface area contributed by atoms with E-state index in [1.807, 2.05) is 12.1 Å². The summed E-state index contributed by atoms with van der Waals surface area (Å²) in [7, 11) is 0. The summed E-state index contributed by atoms with van der Waals surface area (Å²) in [6.07, 6.45) is 0. The average Bonchev–Trinajstić information content (AvgIpc) is 3.04. The van der Waals surface area contributed by atoms with E-state index in [-0.39, 0.29) is 17.0 Å². The number of nitro benzene ring substituents is 1. The summed E-state index contributed by atoms with van der Waals surface area (Å²) in [5.74, 6) is 0.296. The smallest absolute Gasteiger partial charge is 0.270 e. The summed E-state index contributed by atoms with van der Waals surface area (Å²) < 4.78 is 0. The molecular formula is C16H11ClN4O3S. The maximum Gasteiger partial charge on any atom is 0.270 e. The molecule has 0 aliphatic heterocycles. The maximum atomic E-state index is 11.8. The van der Waals surface area contributed by atoms with Crippen LogP contribution in [0.2, 0.25) is 5.02 Å². The number of carbonyl (C=O) groups is 1. The fourth-order valence-corrected chi connectivity index (χ4v) is 3.12. The Kier molecular flexibility index (Phi) is 4.82. The molecule has 126 valence electrons. The van der Waals surface area contributed by atoms with Crippen molar-refractivity contribution in [3.05, 3.63) is 63.2 Å². The number of nitrogens with zero attached hydrogens (tertiary/aromatic N) is 3. The first kappa shape index (κ1) is 17.1. The predicted molar refractivity (Wildman–Crippen MR) is 94.1 cm³/mol. The Hall–Kier alpha value is -2.71. The number of hydrogen-bond acceptors (Lipinski definition) is 6. The van der Waals surface area contributed by atoms with Crippen molar-refractivity contribution in [2.45, 2.75) is 17.0 Å².